The standard InChI is InChI=1S/C5H11NO.Si/c1-6-2-4-7-5-3-6;/h2-5H2,1H3;. The highest BCUT2D eigenvalue weighted by Gasteiger charge is 2.02. The molecule has 46 valence electrons. The number of ether oxygens (including phenoxy) is 1. The maximum atomic E-state index is 5.10. The summed E-state index contributed by atoms with van der Waals surface area (Å²) < 4.78 is 5.10. The Labute approximate surface area is 54.8 Å². The minimum atomic E-state index is 0. The maximum Gasteiger partial charge on any atom is 0.0594 e. The first-order valence-electron chi connectivity index (χ1n) is 2.66. The highest BCUT2D eigenvalue weighted by Crippen LogP contribution is 1.89. The first kappa shape index (κ1) is 8.14. The van der Waals surface area contributed by atoms with Gasteiger partial charge >= 0.3 is 0 Å². The number of morpholine rings is 1. The highest BCUT2D eigenvalue weighted by molar-refractivity contribution is 5.75. The van der Waals surface area contributed by atoms with E-state index in [4.69, 9.17) is 4.74 Å². The van der Waals surface area contributed by atoms with E-state index in [1.165, 1.54) is 0 Å². The van der Waals surface area contributed by atoms with Crippen LogP contribution in [0.15, 0.2) is 0 Å². The predicted octanol–water partition coefficient (Wildman–Crippen LogP) is -0.432. The molecule has 2 nitrogen and oxygen atoms in total. The van der Waals surface area contributed by atoms with Gasteiger partial charge in [-0.3, -0.25) is 0 Å². The van der Waals surface area contributed by atoms with Crippen LogP contribution in [-0.4, -0.2) is 49.2 Å². The molecule has 0 aromatic carbocycles. The van der Waals surface area contributed by atoms with Gasteiger partial charge in [-0.25, -0.2) is 0 Å². The molecule has 1 aliphatic heterocycles. The van der Waals surface area contributed by atoms with Crippen molar-refractivity contribution in [2.45, 2.75) is 0 Å². The zero-order valence-electron chi connectivity index (χ0n) is 5.18. The van der Waals surface area contributed by atoms with Crippen molar-refractivity contribution in [3.8, 4) is 0 Å². The molecule has 0 aromatic heterocycles. The highest BCUT2D eigenvalue weighted by atomic mass is 28.1. The third-order valence-corrected chi connectivity index (χ3v) is 1.23. The van der Waals surface area contributed by atoms with Gasteiger partial charge in [0, 0.05) is 24.1 Å². The first-order chi connectivity index (χ1) is 3.39. The van der Waals surface area contributed by atoms with E-state index >= 15 is 0 Å². The van der Waals surface area contributed by atoms with Crippen LogP contribution < -0.4 is 0 Å². The molecule has 0 spiro atoms. The van der Waals surface area contributed by atoms with Gasteiger partial charge in [0.2, 0.25) is 0 Å². The van der Waals surface area contributed by atoms with Gasteiger partial charge < -0.3 is 9.64 Å². The smallest absolute Gasteiger partial charge is 0.0594 e. The molecular formula is C5H11NOSi. The lowest BCUT2D eigenvalue weighted by Crippen LogP contribution is -2.32. The van der Waals surface area contributed by atoms with Crippen LogP contribution >= 0.6 is 0 Å². The lowest BCUT2D eigenvalue weighted by Gasteiger charge is -2.21. The van der Waals surface area contributed by atoms with Crippen LogP contribution in [0.4, 0.5) is 0 Å². The minimum Gasteiger partial charge on any atom is -0.379 e. The number of nitrogens with zero attached hydrogens (tertiary/aromatic N) is 1. The Bertz CT molecular complexity index is 54.4. The molecule has 0 bridgehead atoms. The Hall–Kier alpha value is 0.137. The van der Waals surface area contributed by atoms with Gasteiger partial charge in [0.05, 0.1) is 13.2 Å². The van der Waals surface area contributed by atoms with Crippen molar-refractivity contribution < 1.29 is 4.74 Å². The monoisotopic (exact) mass is 129 g/mol. The first-order valence-corrected chi connectivity index (χ1v) is 2.66. The molecule has 0 aliphatic carbocycles. The maximum absolute atomic E-state index is 5.10. The molecule has 0 saturated carbocycles. The van der Waals surface area contributed by atoms with Crippen LogP contribution in [-0.2, 0) is 4.74 Å². The lowest BCUT2D eigenvalue weighted by atomic mass is 10.5. The number of rotatable bonds is 0. The zero-order chi connectivity index (χ0) is 5.11. The van der Waals surface area contributed by atoms with E-state index in [2.05, 4.69) is 11.9 Å². The molecule has 0 aromatic rings. The van der Waals surface area contributed by atoms with E-state index in [9.17, 15) is 0 Å². The summed E-state index contributed by atoms with van der Waals surface area (Å²) in [6.45, 7) is 4.02. The summed E-state index contributed by atoms with van der Waals surface area (Å²) in [7, 11) is 2.11. The fourth-order valence-electron chi connectivity index (χ4n) is 0.655. The molecule has 0 atom stereocenters. The van der Waals surface area contributed by atoms with Crippen molar-refractivity contribution in [1.29, 1.82) is 0 Å². The quantitative estimate of drug-likeness (QED) is 0.411. The second-order valence-corrected chi connectivity index (χ2v) is 1.92. The lowest BCUT2D eigenvalue weighted by molar-refractivity contribution is 0.0503. The third kappa shape index (κ3) is 2.45. The van der Waals surface area contributed by atoms with Gasteiger partial charge in [0.15, 0.2) is 0 Å². The van der Waals surface area contributed by atoms with Gasteiger partial charge in [0.25, 0.3) is 0 Å². The fraction of sp³-hybridized carbons (Fsp3) is 1.00. The van der Waals surface area contributed by atoms with E-state index in [1.54, 1.807) is 0 Å². The van der Waals surface area contributed by atoms with Gasteiger partial charge in [-0.15, -0.1) is 0 Å². The van der Waals surface area contributed by atoms with Crippen LogP contribution in [0.1, 0.15) is 0 Å². The minimum absolute atomic E-state index is 0. The Morgan fingerprint density at radius 1 is 1.25 bits per heavy atom. The fourth-order valence-corrected chi connectivity index (χ4v) is 0.655. The van der Waals surface area contributed by atoms with Crippen molar-refractivity contribution in [2.75, 3.05) is 33.4 Å². The molecule has 1 rings (SSSR count). The number of likely N-dealkylation sites (N-methyl/N-ethyl adjacent to an activating group) is 1. The summed E-state index contributed by atoms with van der Waals surface area (Å²) in [5.74, 6) is 0. The van der Waals surface area contributed by atoms with Gasteiger partial charge in [-0.2, -0.15) is 0 Å². The Kier molecular flexibility index (Phi) is 4.13. The molecule has 0 unspecified atom stereocenters. The summed E-state index contributed by atoms with van der Waals surface area (Å²) in [4.78, 5) is 2.27. The van der Waals surface area contributed by atoms with E-state index < -0.39 is 0 Å². The average Bonchev–Trinajstić information content (AvgIpc) is 1.69. The SMILES string of the molecule is CN1CCOCC1.[Si]. The molecule has 0 N–H and O–H groups in total. The van der Waals surface area contributed by atoms with Gasteiger partial charge in [-0.05, 0) is 7.05 Å². The van der Waals surface area contributed by atoms with Crippen LogP contribution in [0.3, 0.4) is 0 Å². The van der Waals surface area contributed by atoms with Crippen LogP contribution in [0.25, 0.3) is 0 Å². The number of hydrogen-bond acceptors (Lipinski definition) is 2. The largest absolute Gasteiger partial charge is 0.379 e. The second kappa shape index (κ2) is 4.06. The second-order valence-electron chi connectivity index (χ2n) is 1.92. The molecule has 0 amide bonds. The third-order valence-electron chi connectivity index (χ3n) is 1.23. The van der Waals surface area contributed by atoms with Gasteiger partial charge in [0.1, 0.15) is 0 Å². The van der Waals surface area contributed by atoms with Crippen molar-refractivity contribution in [3.05, 3.63) is 0 Å². The molecule has 8 heavy (non-hydrogen) atoms. The molecular weight excluding hydrogens is 118 g/mol. The molecule has 3 heteroatoms. The average molecular weight is 129 g/mol. The molecule has 1 fully saturated rings. The van der Waals surface area contributed by atoms with Crippen molar-refractivity contribution in [3.63, 3.8) is 0 Å². The van der Waals surface area contributed by atoms with Gasteiger partial charge in [-0.1, -0.05) is 0 Å². The summed E-state index contributed by atoms with van der Waals surface area (Å²) >= 11 is 0. The van der Waals surface area contributed by atoms with Crippen molar-refractivity contribution >= 4 is 11.0 Å². The Balaban J connectivity index is 0.000000490. The Morgan fingerprint density at radius 2 is 1.75 bits per heavy atom. The molecule has 1 aliphatic rings. The van der Waals surface area contributed by atoms with E-state index in [1.807, 2.05) is 0 Å². The van der Waals surface area contributed by atoms with Crippen molar-refractivity contribution in [1.82, 2.24) is 4.90 Å². The normalized spacial score (nSPS) is 22.1. The van der Waals surface area contributed by atoms with E-state index in [0.717, 1.165) is 26.3 Å². The van der Waals surface area contributed by atoms with Crippen LogP contribution in [0.2, 0.25) is 0 Å². The Morgan fingerprint density at radius 3 is 2.00 bits per heavy atom. The summed E-state index contributed by atoms with van der Waals surface area (Å²) in [6.07, 6.45) is 0. The molecule has 1 saturated heterocycles. The number of hydrogen-bond donors (Lipinski definition) is 0. The molecule has 1 heterocycles. The van der Waals surface area contributed by atoms with Crippen molar-refractivity contribution in [2.24, 2.45) is 0 Å². The van der Waals surface area contributed by atoms with E-state index in [0.29, 0.717) is 0 Å². The zero-order valence-corrected chi connectivity index (χ0v) is 6.18. The summed E-state index contributed by atoms with van der Waals surface area (Å²) in [5.41, 5.74) is 0. The topological polar surface area (TPSA) is 12.5 Å². The van der Waals surface area contributed by atoms with Crippen LogP contribution in [0, 0.1) is 0 Å². The van der Waals surface area contributed by atoms with Crippen LogP contribution in [0.5, 0.6) is 0 Å². The summed E-state index contributed by atoms with van der Waals surface area (Å²) in [6, 6.07) is 0. The van der Waals surface area contributed by atoms with E-state index in [-0.39, 0.29) is 11.0 Å². The molecule has 4 radical (unpaired) electrons. The predicted molar refractivity (Wildman–Crippen MR) is 34.1 cm³/mol. The summed E-state index contributed by atoms with van der Waals surface area (Å²) in [5, 5.41) is 0.